The van der Waals surface area contributed by atoms with Gasteiger partial charge in [-0.05, 0) is 31.2 Å². The normalized spacial score (nSPS) is 28.5. The van der Waals surface area contributed by atoms with E-state index in [2.05, 4.69) is 5.32 Å². The molecule has 1 aliphatic rings. The van der Waals surface area contributed by atoms with Crippen molar-refractivity contribution in [3.63, 3.8) is 0 Å². The third kappa shape index (κ3) is 3.35. The van der Waals surface area contributed by atoms with E-state index in [4.69, 9.17) is 5.73 Å². The average molecular weight is 184 g/mol. The van der Waals surface area contributed by atoms with Gasteiger partial charge in [-0.1, -0.05) is 12.8 Å². The van der Waals surface area contributed by atoms with E-state index >= 15 is 0 Å². The van der Waals surface area contributed by atoms with Crippen molar-refractivity contribution in [1.82, 2.24) is 5.32 Å². The molecule has 3 nitrogen and oxygen atoms in total. The molecule has 1 fully saturated rings. The third-order valence-electron chi connectivity index (χ3n) is 2.98. The van der Waals surface area contributed by atoms with Crippen molar-refractivity contribution in [1.29, 1.82) is 0 Å². The van der Waals surface area contributed by atoms with Crippen LogP contribution in [0.15, 0.2) is 0 Å². The van der Waals surface area contributed by atoms with Gasteiger partial charge in [0, 0.05) is 13.5 Å². The molecule has 0 spiro atoms. The molecular formula is C10H20N2O. The van der Waals surface area contributed by atoms with Crippen molar-refractivity contribution in [3.05, 3.63) is 0 Å². The summed E-state index contributed by atoms with van der Waals surface area (Å²) in [6.07, 6.45) is 5.06. The fourth-order valence-electron chi connectivity index (χ4n) is 2.14. The largest absolute Gasteiger partial charge is 0.356 e. The van der Waals surface area contributed by atoms with Gasteiger partial charge in [0.25, 0.3) is 0 Å². The first-order valence-corrected chi connectivity index (χ1v) is 5.18. The van der Waals surface area contributed by atoms with Gasteiger partial charge >= 0.3 is 0 Å². The Morgan fingerprint density at radius 2 is 2.00 bits per heavy atom. The predicted molar refractivity (Wildman–Crippen MR) is 53.2 cm³/mol. The molecule has 0 aromatic rings. The van der Waals surface area contributed by atoms with Crippen LogP contribution in [0.3, 0.4) is 0 Å². The second kappa shape index (κ2) is 5.22. The molecule has 0 heterocycles. The molecule has 0 aliphatic heterocycles. The van der Waals surface area contributed by atoms with E-state index in [0.717, 1.165) is 13.1 Å². The molecule has 0 saturated heterocycles. The van der Waals surface area contributed by atoms with Gasteiger partial charge in [-0.3, -0.25) is 4.79 Å². The van der Waals surface area contributed by atoms with Gasteiger partial charge < -0.3 is 11.1 Å². The highest BCUT2D eigenvalue weighted by Gasteiger charge is 2.23. The van der Waals surface area contributed by atoms with E-state index in [-0.39, 0.29) is 5.91 Å². The monoisotopic (exact) mass is 184 g/mol. The van der Waals surface area contributed by atoms with E-state index in [0.29, 0.717) is 11.8 Å². The summed E-state index contributed by atoms with van der Waals surface area (Å²) < 4.78 is 0. The van der Waals surface area contributed by atoms with Gasteiger partial charge in [0.05, 0.1) is 0 Å². The molecule has 13 heavy (non-hydrogen) atoms. The number of nitrogens with two attached hydrogens (primary N) is 1. The number of hydrogen-bond donors (Lipinski definition) is 2. The molecule has 1 rings (SSSR count). The summed E-state index contributed by atoms with van der Waals surface area (Å²) >= 11 is 0. The molecule has 3 heteroatoms. The van der Waals surface area contributed by atoms with Crippen molar-refractivity contribution in [2.45, 2.75) is 32.6 Å². The third-order valence-corrected chi connectivity index (χ3v) is 2.98. The zero-order valence-electron chi connectivity index (χ0n) is 8.38. The number of nitrogens with one attached hydrogen (secondary N) is 1. The van der Waals surface area contributed by atoms with Crippen LogP contribution < -0.4 is 11.1 Å². The second-order valence-electron chi connectivity index (χ2n) is 3.98. The first-order chi connectivity index (χ1) is 6.24. The van der Waals surface area contributed by atoms with Crippen LogP contribution >= 0.6 is 0 Å². The van der Waals surface area contributed by atoms with Crippen LogP contribution in [0.2, 0.25) is 0 Å². The maximum absolute atomic E-state index is 10.7. The summed E-state index contributed by atoms with van der Waals surface area (Å²) in [5, 5.41) is 2.89. The molecule has 1 aliphatic carbocycles. The zero-order chi connectivity index (χ0) is 9.68. The standard InChI is InChI=1S/C10H20N2O/c1-8(13)12-7-10-5-3-2-4-9(10)6-11/h9-10H,2-7,11H2,1H3,(H,12,13). The number of hydrogen-bond acceptors (Lipinski definition) is 2. The Kier molecular flexibility index (Phi) is 4.22. The predicted octanol–water partition coefficient (Wildman–Crippen LogP) is 0.888. The van der Waals surface area contributed by atoms with Gasteiger partial charge in [0.1, 0.15) is 0 Å². The summed E-state index contributed by atoms with van der Waals surface area (Å²) in [7, 11) is 0. The number of carbonyl (C=O) groups is 1. The van der Waals surface area contributed by atoms with E-state index in [9.17, 15) is 4.79 Å². The Morgan fingerprint density at radius 3 is 2.54 bits per heavy atom. The summed E-state index contributed by atoms with van der Waals surface area (Å²) in [6.45, 7) is 3.15. The average Bonchev–Trinajstić information content (AvgIpc) is 2.15. The highest BCUT2D eigenvalue weighted by molar-refractivity contribution is 5.72. The Hall–Kier alpha value is -0.570. The number of rotatable bonds is 3. The van der Waals surface area contributed by atoms with Gasteiger partial charge in [-0.2, -0.15) is 0 Å². The lowest BCUT2D eigenvalue weighted by Crippen LogP contribution is -2.36. The van der Waals surface area contributed by atoms with E-state index in [1.807, 2.05) is 0 Å². The molecule has 0 aromatic heterocycles. The quantitative estimate of drug-likeness (QED) is 0.684. The minimum atomic E-state index is 0.0707. The fourth-order valence-corrected chi connectivity index (χ4v) is 2.14. The molecule has 3 N–H and O–H groups in total. The van der Waals surface area contributed by atoms with E-state index in [1.54, 1.807) is 6.92 Å². The van der Waals surface area contributed by atoms with Crippen molar-refractivity contribution >= 4 is 5.91 Å². The summed E-state index contributed by atoms with van der Waals surface area (Å²) in [6, 6.07) is 0. The van der Waals surface area contributed by atoms with Crippen LogP contribution in [0.4, 0.5) is 0 Å². The summed E-state index contributed by atoms with van der Waals surface area (Å²) in [5.74, 6) is 1.31. The molecule has 76 valence electrons. The molecule has 1 amide bonds. The molecule has 0 aromatic carbocycles. The van der Waals surface area contributed by atoms with Gasteiger partial charge in [-0.15, -0.1) is 0 Å². The molecule has 0 bridgehead atoms. The Labute approximate surface area is 80.1 Å². The Bertz CT molecular complexity index is 170. The van der Waals surface area contributed by atoms with Gasteiger partial charge in [-0.25, -0.2) is 0 Å². The Morgan fingerprint density at radius 1 is 1.38 bits per heavy atom. The van der Waals surface area contributed by atoms with E-state index in [1.165, 1.54) is 25.7 Å². The van der Waals surface area contributed by atoms with Crippen LogP contribution in [0, 0.1) is 11.8 Å². The summed E-state index contributed by atoms with van der Waals surface area (Å²) in [4.78, 5) is 10.7. The van der Waals surface area contributed by atoms with Crippen LogP contribution in [0.5, 0.6) is 0 Å². The number of carbonyl (C=O) groups excluding carboxylic acids is 1. The van der Waals surface area contributed by atoms with Crippen LogP contribution in [0.1, 0.15) is 32.6 Å². The fraction of sp³-hybridized carbons (Fsp3) is 0.900. The highest BCUT2D eigenvalue weighted by atomic mass is 16.1. The van der Waals surface area contributed by atoms with Crippen molar-refractivity contribution < 1.29 is 4.79 Å². The van der Waals surface area contributed by atoms with Crippen LogP contribution in [-0.2, 0) is 4.79 Å². The first-order valence-electron chi connectivity index (χ1n) is 5.18. The Balaban J connectivity index is 2.31. The molecule has 1 saturated carbocycles. The van der Waals surface area contributed by atoms with Crippen LogP contribution in [0.25, 0.3) is 0 Å². The molecule has 2 atom stereocenters. The smallest absolute Gasteiger partial charge is 0.216 e. The maximum Gasteiger partial charge on any atom is 0.216 e. The minimum absolute atomic E-state index is 0.0707. The van der Waals surface area contributed by atoms with Crippen molar-refractivity contribution in [2.75, 3.05) is 13.1 Å². The zero-order valence-corrected chi connectivity index (χ0v) is 8.38. The molecule has 0 radical (unpaired) electrons. The molecular weight excluding hydrogens is 164 g/mol. The van der Waals surface area contributed by atoms with Gasteiger partial charge in [0.15, 0.2) is 0 Å². The lowest BCUT2D eigenvalue weighted by molar-refractivity contribution is -0.119. The van der Waals surface area contributed by atoms with Crippen molar-refractivity contribution in [3.8, 4) is 0 Å². The lowest BCUT2D eigenvalue weighted by Gasteiger charge is -2.30. The van der Waals surface area contributed by atoms with Crippen LogP contribution in [-0.4, -0.2) is 19.0 Å². The maximum atomic E-state index is 10.7. The highest BCUT2D eigenvalue weighted by Crippen LogP contribution is 2.28. The van der Waals surface area contributed by atoms with Crippen molar-refractivity contribution in [2.24, 2.45) is 17.6 Å². The van der Waals surface area contributed by atoms with Gasteiger partial charge in [0.2, 0.25) is 5.91 Å². The summed E-state index contributed by atoms with van der Waals surface area (Å²) in [5.41, 5.74) is 5.69. The minimum Gasteiger partial charge on any atom is -0.356 e. The SMILES string of the molecule is CC(=O)NCC1CCCCC1CN. The number of amides is 1. The van der Waals surface area contributed by atoms with E-state index < -0.39 is 0 Å². The second-order valence-corrected chi connectivity index (χ2v) is 3.98. The topological polar surface area (TPSA) is 55.1 Å². The molecule has 2 unspecified atom stereocenters. The lowest BCUT2D eigenvalue weighted by atomic mass is 9.79. The first kappa shape index (κ1) is 10.5.